The number of methoxy groups -OCH3 is 1. The number of piperidine rings is 1. The van der Waals surface area contributed by atoms with E-state index in [1.807, 2.05) is 36.4 Å². The molecular formula is C36H45N3O4. The van der Waals surface area contributed by atoms with Crippen molar-refractivity contribution >= 4 is 22.3 Å². The number of ether oxygens (including phenoxy) is 3. The van der Waals surface area contributed by atoms with Crippen molar-refractivity contribution in [2.45, 2.75) is 52.4 Å². The Hall–Kier alpha value is -3.81. The minimum absolute atomic E-state index is 0.128. The summed E-state index contributed by atoms with van der Waals surface area (Å²) in [6.07, 6.45) is 4.82. The molecule has 7 nitrogen and oxygen atoms in total. The number of rotatable bonds is 11. The summed E-state index contributed by atoms with van der Waals surface area (Å²) in [6.45, 7) is 12.7. The number of nitrogens with zero attached hydrogens (tertiary/aromatic N) is 2. The molecular weight excluding hydrogens is 538 g/mol. The maximum Gasteiger partial charge on any atom is 0.163 e. The zero-order chi connectivity index (χ0) is 30.4. The summed E-state index contributed by atoms with van der Waals surface area (Å²) in [4.78, 5) is 7.03. The molecule has 1 aliphatic heterocycles. The highest BCUT2D eigenvalue weighted by Gasteiger charge is 2.18. The molecule has 0 amide bonds. The molecule has 4 aromatic rings. The highest BCUT2D eigenvalue weighted by molar-refractivity contribution is 5.88. The van der Waals surface area contributed by atoms with Gasteiger partial charge >= 0.3 is 0 Å². The normalized spacial score (nSPS) is 14.6. The van der Waals surface area contributed by atoms with Gasteiger partial charge in [-0.15, -0.1) is 0 Å². The van der Waals surface area contributed by atoms with E-state index in [9.17, 15) is 5.11 Å². The molecule has 7 heteroatoms. The number of hydrogen-bond donors (Lipinski definition) is 2. The van der Waals surface area contributed by atoms with Crippen LogP contribution >= 0.6 is 0 Å². The summed E-state index contributed by atoms with van der Waals surface area (Å²) in [6, 6.07) is 20.4. The molecule has 5 rings (SSSR count). The Balaban J connectivity index is 1.23. The van der Waals surface area contributed by atoms with Crippen LogP contribution in [0.25, 0.3) is 10.9 Å². The van der Waals surface area contributed by atoms with Crippen LogP contribution in [-0.2, 0) is 5.41 Å². The van der Waals surface area contributed by atoms with E-state index in [0.29, 0.717) is 36.4 Å². The smallest absolute Gasteiger partial charge is 0.163 e. The Morgan fingerprint density at radius 1 is 0.953 bits per heavy atom. The molecule has 1 fully saturated rings. The van der Waals surface area contributed by atoms with Gasteiger partial charge in [0.15, 0.2) is 11.5 Å². The Bertz CT molecular complexity index is 1510. The number of benzene rings is 3. The number of aromatic nitrogens is 1. The van der Waals surface area contributed by atoms with E-state index in [-0.39, 0.29) is 5.41 Å². The number of aryl methyl sites for hydroxylation is 1. The molecule has 228 valence electrons. The molecule has 0 aliphatic carbocycles. The van der Waals surface area contributed by atoms with Crippen molar-refractivity contribution < 1.29 is 19.3 Å². The molecule has 0 spiro atoms. The maximum atomic E-state index is 9.36. The second kappa shape index (κ2) is 13.7. The molecule has 1 aliphatic rings. The van der Waals surface area contributed by atoms with Crippen LogP contribution in [0.5, 0.6) is 23.0 Å². The van der Waals surface area contributed by atoms with Gasteiger partial charge in [0, 0.05) is 42.2 Å². The topological polar surface area (TPSA) is 76.1 Å². The highest BCUT2D eigenvalue weighted by atomic mass is 16.5. The predicted molar refractivity (Wildman–Crippen MR) is 174 cm³/mol. The monoisotopic (exact) mass is 583 g/mol. The van der Waals surface area contributed by atoms with Crippen LogP contribution in [0.2, 0.25) is 0 Å². The van der Waals surface area contributed by atoms with E-state index in [1.165, 1.54) is 5.56 Å². The summed E-state index contributed by atoms with van der Waals surface area (Å²) in [5.41, 5.74) is 5.40. The molecule has 3 aromatic carbocycles. The van der Waals surface area contributed by atoms with Gasteiger partial charge in [-0.3, -0.25) is 4.98 Å². The van der Waals surface area contributed by atoms with Crippen molar-refractivity contribution in [3.63, 3.8) is 0 Å². The fourth-order valence-electron chi connectivity index (χ4n) is 5.53. The van der Waals surface area contributed by atoms with Gasteiger partial charge in [0.2, 0.25) is 0 Å². The molecule has 43 heavy (non-hydrogen) atoms. The van der Waals surface area contributed by atoms with Crippen molar-refractivity contribution in [2.75, 3.05) is 45.3 Å². The van der Waals surface area contributed by atoms with Gasteiger partial charge in [-0.2, -0.15) is 0 Å². The van der Waals surface area contributed by atoms with E-state index < -0.39 is 0 Å². The van der Waals surface area contributed by atoms with Gasteiger partial charge in [-0.05, 0) is 104 Å². The van der Waals surface area contributed by atoms with Crippen LogP contribution in [0.3, 0.4) is 0 Å². The first-order chi connectivity index (χ1) is 20.7. The van der Waals surface area contributed by atoms with Crippen molar-refractivity contribution in [3.05, 3.63) is 78.0 Å². The summed E-state index contributed by atoms with van der Waals surface area (Å²) < 4.78 is 18.2. The van der Waals surface area contributed by atoms with Crippen LogP contribution in [0, 0.1) is 12.8 Å². The molecule has 0 radical (unpaired) electrons. The van der Waals surface area contributed by atoms with Gasteiger partial charge in [0.1, 0.15) is 11.5 Å². The highest BCUT2D eigenvalue weighted by Crippen LogP contribution is 2.38. The molecule has 0 atom stereocenters. The van der Waals surface area contributed by atoms with Crippen LogP contribution in [0.1, 0.15) is 51.2 Å². The quantitative estimate of drug-likeness (QED) is 0.174. The first-order valence-electron chi connectivity index (χ1n) is 15.3. The van der Waals surface area contributed by atoms with Gasteiger partial charge in [0.05, 0.1) is 19.2 Å². The third-order valence-electron chi connectivity index (χ3n) is 8.28. The van der Waals surface area contributed by atoms with Crippen LogP contribution in [-0.4, -0.2) is 54.9 Å². The lowest BCUT2D eigenvalue weighted by Gasteiger charge is -2.30. The summed E-state index contributed by atoms with van der Waals surface area (Å²) in [5.74, 6) is 3.25. The number of aliphatic hydroxyl groups is 1. The summed E-state index contributed by atoms with van der Waals surface area (Å²) in [7, 11) is 1.65. The Morgan fingerprint density at radius 2 is 1.72 bits per heavy atom. The van der Waals surface area contributed by atoms with Crippen molar-refractivity contribution in [1.29, 1.82) is 0 Å². The standard InChI is InChI=1S/C36H45N3O4/c1-25-21-29(11-12-31(25)38-28-9-7-27(8-10-28)36(2,3)4)43-33-13-16-37-32-23-35(34(41-5)22-30(32)33)42-20-6-17-39-18-14-26(24-40)15-19-39/h7-13,16,21-23,26,38,40H,6,14-15,17-20,24H2,1-5H3. The van der Waals surface area contributed by atoms with Gasteiger partial charge in [-0.25, -0.2) is 0 Å². The van der Waals surface area contributed by atoms with E-state index in [0.717, 1.165) is 72.5 Å². The van der Waals surface area contributed by atoms with Crippen molar-refractivity contribution in [2.24, 2.45) is 5.92 Å². The van der Waals surface area contributed by atoms with Crippen molar-refractivity contribution in [1.82, 2.24) is 9.88 Å². The number of aliphatic hydroxyl groups excluding tert-OH is 1. The Labute approximate surface area is 255 Å². The van der Waals surface area contributed by atoms with E-state index in [1.54, 1.807) is 13.3 Å². The zero-order valence-electron chi connectivity index (χ0n) is 26.2. The third kappa shape index (κ3) is 7.78. The minimum Gasteiger partial charge on any atom is -0.493 e. The molecule has 1 saturated heterocycles. The number of pyridine rings is 1. The number of likely N-dealkylation sites (tertiary alicyclic amines) is 1. The SMILES string of the molecule is COc1cc2c(Oc3ccc(Nc4ccc(C(C)(C)C)cc4)c(C)c3)ccnc2cc1OCCCN1CCC(CO)CC1. The number of hydrogen-bond acceptors (Lipinski definition) is 7. The maximum absolute atomic E-state index is 9.36. The average molecular weight is 584 g/mol. The van der Waals surface area contributed by atoms with Crippen LogP contribution in [0.15, 0.2) is 66.9 Å². The summed E-state index contributed by atoms with van der Waals surface area (Å²) in [5, 5.41) is 13.7. The molecule has 0 bridgehead atoms. The zero-order valence-corrected chi connectivity index (χ0v) is 26.2. The summed E-state index contributed by atoms with van der Waals surface area (Å²) >= 11 is 0. The van der Waals surface area contributed by atoms with E-state index >= 15 is 0 Å². The second-order valence-electron chi connectivity index (χ2n) is 12.5. The Morgan fingerprint density at radius 3 is 2.40 bits per heavy atom. The molecule has 1 aromatic heterocycles. The van der Waals surface area contributed by atoms with E-state index in [4.69, 9.17) is 14.2 Å². The third-order valence-corrected chi connectivity index (χ3v) is 8.28. The van der Waals surface area contributed by atoms with E-state index in [2.05, 4.69) is 67.2 Å². The lowest BCUT2D eigenvalue weighted by Crippen LogP contribution is -2.35. The first-order valence-corrected chi connectivity index (χ1v) is 15.3. The van der Waals surface area contributed by atoms with Gasteiger partial charge in [-0.1, -0.05) is 32.9 Å². The fourth-order valence-corrected chi connectivity index (χ4v) is 5.53. The minimum atomic E-state index is 0.128. The lowest BCUT2D eigenvalue weighted by atomic mass is 9.87. The fraction of sp³-hybridized carbons (Fsp3) is 0.417. The van der Waals surface area contributed by atoms with Crippen molar-refractivity contribution in [3.8, 4) is 23.0 Å². The molecule has 0 saturated carbocycles. The van der Waals surface area contributed by atoms with Gasteiger partial charge < -0.3 is 29.5 Å². The van der Waals surface area contributed by atoms with Crippen LogP contribution in [0.4, 0.5) is 11.4 Å². The van der Waals surface area contributed by atoms with Crippen LogP contribution < -0.4 is 19.5 Å². The lowest BCUT2D eigenvalue weighted by molar-refractivity contribution is 0.126. The largest absolute Gasteiger partial charge is 0.493 e. The second-order valence-corrected chi connectivity index (χ2v) is 12.5. The molecule has 2 N–H and O–H groups in total. The molecule has 2 heterocycles. The average Bonchev–Trinajstić information content (AvgIpc) is 3.00. The first kappa shape index (κ1) is 30.6. The predicted octanol–water partition coefficient (Wildman–Crippen LogP) is 7.86. The number of anilines is 2. The Kier molecular flexibility index (Phi) is 9.73. The number of fused-ring (bicyclic) bond motifs is 1. The molecule has 0 unspecified atom stereocenters. The number of nitrogens with one attached hydrogen (secondary N) is 1. The van der Waals surface area contributed by atoms with Gasteiger partial charge in [0.25, 0.3) is 0 Å².